The van der Waals surface area contributed by atoms with Crippen LogP contribution in [0.5, 0.6) is 5.75 Å². The Morgan fingerprint density at radius 1 is 1.62 bits per heavy atom. The minimum Gasteiger partial charge on any atom is -0.497 e. The maximum Gasteiger partial charge on any atom is 0.119 e. The lowest BCUT2D eigenvalue weighted by molar-refractivity contribution is 0.350. The zero-order valence-electron chi connectivity index (χ0n) is 7.38. The van der Waals surface area contributed by atoms with Crippen LogP contribution in [-0.4, -0.2) is 18.8 Å². The number of hydrogen-bond donors (Lipinski definition) is 1. The summed E-state index contributed by atoms with van der Waals surface area (Å²) in [5, 5.41) is 8.92. The maximum atomic E-state index is 8.92. The highest BCUT2D eigenvalue weighted by Crippen LogP contribution is 2.27. The van der Waals surface area contributed by atoms with Crippen molar-refractivity contribution in [3.8, 4) is 5.75 Å². The first-order valence-corrected chi connectivity index (χ1v) is 4.61. The van der Waals surface area contributed by atoms with Crippen molar-refractivity contribution in [3.05, 3.63) is 34.8 Å². The third kappa shape index (κ3) is 2.32. The normalized spacial score (nSPS) is 9.77. The molecule has 0 saturated heterocycles. The lowest BCUT2D eigenvalue weighted by atomic mass is 10.1. The van der Waals surface area contributed by atoms with E-state index in [1.807, 2.05) is 18.2 Å². The van der Waals surface area contributed by atoms with Gasteiger partial charge in [-0.1, -0.05) is 22.5 Å². The van der Waals surface area contributed by atoms with Crippen LogP contribution in [0.25, 0.3) is 5.57 Å². The molecule has 13 heavy (non-hydrogen) atoms. The Hall–Kier alpha value is -0.800. The maximum absolute atomic E-state index is 8.92. The zero-order valence-corrected chi connectivity index (χ0v) is 8.97. The van der Waals surface area contributed by atoms with Gasteiger partial charge in [-0.15, -0.1) is 0 Å². The summed E-state index contributed by atoms with van der Waals surface area (Å²) in [5.41, 5.74) is 1.55. The fourth-order valence-electron chi connectivity index (χ4n) is 0.987. The van der Waals surface area contributed by atoms with Gasteiger partial charge in [0, 0.05) is 4.47 Å². The van der Waals surface area contributed by atoms with E-state index in [2.05, 4.69) is 22.5 Å². The van der Waals surface area contributed by atoms with Crippen LogP contribution in [0.4, 0.5) is 0 Å². The molecule has 0 fully saturated rings. The van der Waals surface area contributed by atoms with Crippen molar-refractivity contribution in [2.45, 2.75) is 0 Å². The van der Waals surface area contributed by atoms with Crippen molar-refractivity contribution in [2.24, 2.45) is 0 Å². The first kappa shape index (κ1) is 10.3. The standard InChI is InChI=1S/C10H11BrO2/c1-7(6-12)9-5-8(13-2)3-4-10(9)11/h3-5,12H,1,6H2,2H3. The summed E-state index contributed by atoms with van der Waals surface area (Å²) in [6.07, 6.45) is 0. The molecule has 0 radical (unpaired) electrons. The summed E-state index contributed by atoms with van der Waals surface area (Å²) < 4.78 is 5.97. The van der Waals surface area contributed by atoms with Crippen LogP contribution in [0, 0.1) is 0 Å². The Morgan fingerprint density at radius 3 is 2.85 bits per heavy atom. The van der Waals surface area contributed by atoms with Gasteiger partial charge in [0.15, 0.2) is 0 Å². The van der Waals surface area contributed by atoms with Gasteiger partial charge in [0.1, 0.15) is 5.75 Å². The molecular formula is C10H11BrO2. The van der Waals surface area contributed by atoms with Crippen molar-refractivity contribution in [3.63, 3.8) is 0 Å². The molecule has 0 heterocycles. The average Bonchev–Trinajstić information content (AvgIpc) is 2.17. The number of hydrogen-bond acceptors (Lipinski definition) is 2. The third-order valence-corrected chi connectivity index (χ3v) is 2.44. The van der Waals surface area contributed by atoms with Crippen LogP contribution in [-0.2, 0) is 0 Å². The lowest BCUT2D eigenvalue weighted by Crippen LogP contribution is -1.91. The Kier molecular flexibility index (Phi) is 3.51. The second-order valence-electron chi connectivity index (χ2n) is 2.61. The van der Waals surface area contributed by atoms with Crippen molar-refractivity contribution in [2.75, 3.05) is 13.7 Å². The van der Waals surface area contributed by atoms with Crippen molar-refractivity contribution in [1.82, 2.24) is 0 Å². The van der Waals surface area contributed by atoms with E-state index in [0.717, 1.165) is 15.8 Å². The second-order valence-corrected chi connectivity index (χ2v) is 3.46. The minimum absolute atomic E-state index is 0.0498. The molecule has 2 nitrogen and oxygen atoms in total. The van der Waals surface area contributed by atoms with Gasteiger partial charge in [-0.25, -0.2) is 0 Å². The molecule has 0 bridgehead atoms. The molecule has 0 aliphatic heterocycles. The molecule has 0 aromatic heterocycles. The van der Waals surface area contributed by atoms with E-state index in [0.29, 0.717) is 5.57 Å². The molecule has 3 heteroatoms. The fraction of sp³-hybridized carbons (Fsp3) is 0.200. The quantitative estimate of drug-likeness (QED) is 0.883. The van der Waals surface area contributed by atoms with Crippen LogP contribution >= 0.6 is 15.9 Å². The SMILES string of the molecule is C=C(CO)c1cc(OC)ccc1Br. The van der Waals surface area contributed by atoms with E-state index in [1.165, 1.54) is 0 Å². The van der Waals surface area contributed by atoms with Gasteiger partial charge in [0.2, 0.25) is 0 Å². The van der Waals surface area contributed by atoms with Gasteiger partial charge in [-0.2, -0.15) is 0 Å². The topological polar surface area (TPSA) is 29.5 Å². The van der Waals surface area contributed by atoms with Crippen molar-refractivity contribution >= 4 is 21.5 Å². The molecule has 70 valence electrons. The van der Waals surface area contributed by atoms with Crippen LogP contribution < -0.4 is 4.74 Å². The molecular weight excluding hydrogens is 232 g/mol. The molecule has 0 spiro atoms. The van der Waals surface area contributed by atoms with Crippen molar-refractivity contribution < 1.29 is 9.84 Å². The van der Waals surface area contributed by atoms with Crippen LogP contribution in [0.15, 0.2) is 29.3 Å². The van der Waals surface area contributed by atoms with E-state index >= 15 is 0 Å². The Balaban J connectivity index is 3.11. The van der Waals surface area contributed by atoms with E-state index < -0.39 is 0 Å². The van der Waals surface area contributed by atoms with Gasteiger partial charge >= 0.3 is 0 Å². The molecule has 1 N–H and O–H groups in total. The largest absolute Gasteiger partial charge is 0.497 e. The van der Waals surface area contributed by atoms with Crippen LogP contribution in [0.1, 0.15) is 5.56 Å². The third-order valence-electron chi connectivity index (χ3n) is 1.75. The van der Waals surface area contributed by atoms with Gasteiger partial charge in [0.25, 0.3) is 0 Å². The molecule has 0 saturated carbocycles. The van der Waals surface area contributed by atoms with E-state index in [4.69, 9.17) is 9.84 Å². The molecule has 1 aromatic rings. The van der Waals surface area contributed by atoms with Crippen LogP contribution in [0.2, 0.25) is 0 Å². The summed E-state index contributed by atoms with van der Waals surface area (Å²) in [6, 6.07) is 5.55. The highest BCUT2D eigenvalue weighted by molar-refractivity contribution is 9.10. The summed E-state index contributed by atoms with van der Waals surface area (Å²) in [5.74, 6) is 0.757. The number of halogens is 1. The number of methoxy groups -OCH3 is 1. The highest BCUT2D eigenvalue weighted by Gasteiger charge is 2.04. The molecule has 0 atom stereocenters. The van der Waals surface area contributed by atoms with E-state index in [-0.39, 0.29) is 6.61 Å². The van der Waals surface area contributed by atoms with Gasteiger partial charge < -0.3 is 9.84 Å². The molecule has 0 aliphatic rings. The smallest absolute Gasteiger partial charge is 0.119 e. The monoisotopic (exact) mass is 242 g/mol. The zero-order chi connectivity index (χ0) is 9.84. The molecule has 0 unspecified atom stereocenters. The van der Waals surface area contributed by atoms with E-state index in [9.17, 15) is 0 Å². The number of aliphatic hydroxyl groups is 1. The molecule has 1 aromatic carbocycles. The first-order valence-electron chi connectivity index (χ1n) is 3.81. The summed E-state index contributed by atoms with van der Waals surface area (Å²) in [6.45, 7) is 3.69. The van der Waals surface area contributed by atoms with Crippen molar-refractivity contribution in [1.29, 1.82) is 0 Å². The summed E-state index contributed by atoms with van der Waals surface area (Å²) in [7, 11) is 1.61. The predicted molar refractivity (Wildman–Crippen MR) is 56.8 cm³/mol. The Bertz CT molecular complexity index is 321. The minimum atomic E-state index is -0.0498. The van der Waals surface area contributed by atoms with Gasteiger partial charge in [-0.3, -0.25) is 0 Å². The number of ether oxygens (including phenoxy) is 1. The first-order chi connectivity index (χ1) is 6.19. The Morgan fingerprint density at radius 2 is 2.31 bits per heavy atom. The predicted octanol–water partition coefficient (Wildman–Crippen LogP) is 2.46. The summed E-state index contributed by atoms with van der Waals surface area (Å²) >= 11 is 3.37. The number of benzene rings is 1. The molecule has 0 aliphatic carbocycles. The molecule has 1 rings (SSSR count). The van der Waals surface area contributed by atoms with Crippen LogP contribution in [0.3, 0.4) is 0 Å². The van der Waals surface area contributed by atoms with Gasteiger partial charge in [-0.05, 0) is 29.3 Å². The lowest BCUT2D eigenvalue weighted by Gasteiger charge is -2.07. The molecule has 0 amide bonds. The van der Waals surface area contributed by atoms with Gasteiger partial charge in [0.05, 0.1) is 13.7 Å². The average molecular weight is 243 g/mol. The second kappa shape index (κ2) is 4.44. The number of rotatable bonds is 3. The highest BCUT2D eigenvalue weighted by atomic mass is 79.9. The fourth-order valence-corrected chi connectivity index (χ4v) is 1.51. The number of aliphatic hydroxyl groups excluding tert-OH is 1. The summed E-state index contributed by atoms with van der Waals surface area (Å²) in [4.78, 5) is 0. The Labute approximate surface area is 86.0 Å². The van der Waals surface area contributed by atoms with E-state index in [1.54, 1.807) is 7.11 Å².